The maximum Gasteiger partial charge on any atom is 0.414 e. The van der Waals surface area contributed by atoms with Gasteiger partial charge < -0.3 is 63.3 Å². The van der Waals surface area contributed by atoms with Crippen molar-refractivity contribution in [2.45, 2.75) is 199 Å². The molecule has 6 amide bonds. The van der Waals surface area contributed by atoms with Crippen LogP contribution in [0.2, 0.25) is 0 Å². The van der Waals surface area contributed by atoms with Gasteiger partial charge in [0, 0.05) is 40.4 Å². The van der Waals surface area contributed by atoms with Gasteiger partial charge >= 0.3 is 24.4 Å². The number of epoxide rings is 4. The molecule has 6 fully saturated rings. The van der Waals surface area contributed by atoms with Crippen LogP contribution in [0.3, 0.4) is 0 Å². The molecule has 2 aliphatic carbocycles. The maximum atomic E-state index is 12.6. The molecule has 2 saturated carbocycles. The molecule has 0 bridgehead atoms. The first-order chi connectivity index (χ1) is 35.9. The summed E-state index contributed by atoms with van der Waals surface area (Å²) in [7, 11) is 6.76. The molecule has 6 unspecified atom stereocenters. The number of ether oxygens (including phenoxy) is 10. The van der Waals surface area contributed by atoms with E-state index < -0.39 is 70.8 Å². The minimum absolute atomic E-state index is 0. The molecule has 0 aromatic heterocycles. The Hall–Kier alpha value is -4.13. The predicted octanol–water partition coefficient (Wildman–Crippen LogP) is 6.69. The van der Waals surface area contributed by atoms with Gasteiger partial charge in [0.15, 0.2) is 0 Å². The molecule has 4 aliphatic heterocycles. The van der Waals surface area contributed by atoms with E-state index in [4.69, 9.17) is 59.0 Å². The van der Waals surface area contributed by atoms with Crippen LogP contribution in [0.1, 0.15) is 129 Å². The van der Waals surface area contributed by atoms with Gasteiger partial charge in [0.2, 0.25) is 11.8 Å². The van der Waals surface area contributed by atoms with Crippen molar-refractivity contribution < 1.29 is 76.1 Å². The second kappa shape index (κ2) is 29.0. The lowest BCUT2D eigenvalue weighted by Gasteiger charge is -2.42. The Balaban J connectivity index is 0.000000347. The average Bonchev–Trinajstić information content (AvgIpc) is 4.20. The molecule has 4 saturated heterocycles. The summed E-state index contributed by atoms with van der Waals surface area (Å²) in [6.45, 7) is 26.6. The molecule has 78 heavy (non-hydrogen) atoms. The van der Waals surface area contributed by atoms with Gasteiger partial charge in [-0.05, 0) is 136 Å². The number of hydrogen-bond acceptors (Lipinski definition) is 18. The topological polar surface area (TPSA) is 271 Å². The molecule has 0 radical (unpaired) electrons. The summed E-state index contributed by atoms with van der Waals surface area (Å²) in [6, 6.07) is 0. The maximum absolute atomic E-state index is 12.6. The van der Waals surface area contributed by atoms with Gasteiger partial charge in [-0.15, -0.1) is 11.6 Å². The van der Waals surface area contributed by atoms with Gasteiger partial charge in [0.25, 0.3) is 0 Å². The van der Waals surface area contributed by atoms with E-state index in [1.807, 2.05) is 27.8 Å². The Morgan fingerprint density at radius 3 is 1.40 bits per heavy atom. The van der Waals surface area contributed by atoms with Crippen LogP contribution in [0.4, 0.5) is 19.2 Å². The minimum atomic E-state index is -0.809. The number of amides is 6. The van der Waals surface area contributed by atoms with E-state index in [1.165, 1.54) is 11.1 Å². The third kappa shape index (κ3) is 20.4. The SMILES string of the molecule is C.CNCCNC(=O)OC(C)(C)C.COC1C(OC(=O)NC(=O)CCl)CC[C@]2(CO2)C1[C@@]1(C)O[C@@H]1CC=C(C)C.COC1C(OC(=O)NC(=O)CN(C)CCNC(=O)OC(C)(C)C)CC[C@]2(CO2)C1[C@@]1(C)O[C@@H]1CC=C(C)C. The highest BCUT2D eigenvalue weighted by Crippen LogP contribution is 2.61. The molecular formula is C55H95ClN6O16. The highest BCUT2D eigenvalue weighted by atomic mass is 35.5. The van der Waals surface area contributed by atoms with E-state index in [-0.39, 0.29) is 67.3 Å². The number of halogens is 1. The van der Waals surface area contributed by atoms with Crippen molar-refractivity contribution in [3.63, 3.8) is 0 Å². The number of alkyl carbamates (subject to hydrolysis) is 4. The normalized spacial score (nSPS) is 30.9. The molecule has 448 valence electrons. The van der Waals surface area contributed by atoms with Crippen LogP contribution in [-0.4, -0.2) is 191 Å². The standard InChI is InChI=1S/C27H45N3O8.C19H28ClNO6.C8H18N2O2.CH4/c1-17(2)9-10-19-26(6,37-19)22-21(34-8)18(11-12-27(22)16-35-27)36-24(33)29-20(31)15-30(7)14-13-28-23(32)38-25(3,4)5;1-11(2)5-6-13-18(3,27-13)16-15(24-4)12(7-8-19(16)10-25-19)26-17(23)21-14(22)9-20;1-8(2,3)12-7(11)10-6-5-9-4;/h9,18-19,21-22H,10-16H2,1-8H3,(H,28,32)(H,29,31,33);5,12-13,15-16H,6-10H2,1-4H3,(H,21,22,23);9H,5-6H2,1-4H3,(H,10,11);1H4/t18?,19-,21?,22?,26+,27+;12?,13-,15?,16?,18+,19+;;/m11../s1. The van der Waals surface area contributed by atoms with E-state index in [0.29, 0.717) is 45.7 Å². The van der Waals surface area contributed by atoms with Crippen LogP contribution < -0.4 is 26.6 Å². The van der Waals surface area contributed by atoms with E-state index in [1.54, 1.807) is 46.9 Å². The Morgan fingerprint density at radius 2 is 1.05 bits per heavy atom. The van der Waals surface area contributed by atoms with Crippen molar-refractivity contribution in [3.05, 3.63) is 23.3 Å². The van der Waals surface area contributed by atoms with Crippen molar-refractivity contribution in [2.24, 2.45) is 11.8 Å². The van der Waals surface area contributed by atoms with E-state index in [0.717, 1.165) is 32.2 Å². The Bertz CT molecular complexity index is 2080. The summed E-state index contributed by atoms with van der Waals surface area (Å²) < 4.78 is 57.1. The highest BCUT2D eigenvalue weighted by Gasteiger charge is 2.73. The van der Waals surface area contributed by atoms with E-state index >= 15 is 0 Å². The van der Waals surface area contributed by atoms with Gasteiger partial charge in [-0.2, -0.15) is 0 Å². The summed E-state index contributed by atoms with van der Waals surface area (Å²) in [5, 5.41) is 12.6. The van der Waals surface area contributed by atoms with Gasteiger partial charge in [0.05, 0.1) is 43.8 Å². The smallest absolute Gasteiger partial charge is 0.414 e. The van der Waals surface area contributed by atoms with Crippen molar-refractivity contribution in [2.75, 3.05) is 80.1 Å². The first-order valence-corrected chi connectivity index (χ1v) is 27.2. The minimum Gasteiger partial charge on any atom is -0.444 e. The number of methoxy groups -OCH3 is 2. The number of rotatable bonds is 19. The number of alkyl halides is 1. The van der Waals surface area contributed by atoms with Crippen LogP contribution in [-0.2, 0) is 57.0 Å². The molecule has 22 nitrogen and oxygen atoms in total. The molecule has 23 heteroatoms. The van der Waals surface area contributed by atoms with Gasteiger partial charge in [0.1, 0.15) is 63.9 Å². The fraction of sp³-hybridized carbons (Fsp3) is 0.818. The number of carbonyl (C=O) groups excluding carboxylic acids is 6. The summed E-state index contributed by atoms with van der Waals surface area (Å²) in [5.74, 6) is -1.55. The number of carbonyl (C=O) groups is 6. The summed E-state index contributed by atoms with van der Waals surface area (Å²) in [6.07, 6.45) is 4.46. The summed E-state index contributed by atoms with van der Waals surface area (Å²) in [5.41, 5.74) is 0.0533. The van der Waals surface area contributed by atoms with Crippen molar-refractivity contribution in [1.82, 2.24) is 31.5 Å². The largest absolute Gasteiger partial charge is 0.444 e. The zero-order chi connectivity index (χ0) is 57.7. The highest BCUT2D eigenvalue weighted by molar-refractivity contribution is 6.28. The molecule has 0 aromatic rings. The van der Waals surface area contributed by atoms with Crippen molar-refractivity contribution >= 4 is 47.8 Å². The number of nitrogens with one attached hydrogen (secondary N) is 5. The quantitative estimate of drug-likeness (QED) is 0.0296. The van der Waals surface area contributed by atoms with E-state index in [9.17, 15) is 28.8 Å². The molecule has 5 N–H and O–H groups in total. The lowest BCUT2D eigenvalue weighted by atomic mass is 9.68. The third-order valence-corrected chi connectivity index (χ3v) is 14.5. The zero-order valence-electron chi connectivity index (χ0n) is 48.5. The molecule has 6 aliphatic rings. The van der Waals surface area contributed by atoms with Crippen LogP contribution in [0.5, 0.6) is 0 Å². The number of allylic oxidation sites excluding steroid dienone is 2. The monoisotopic (exact) mass is 1130 g/mol. The Morgan fingerprint density at radius 1 is 0.654 bits per heavy atom. The van der Waals surface area contributed by atoms with Gasteiger partial charge in [-0.25, -0.2) is 19.2 Å². The van der Waals surface area contributed by atoms with Crippen LogP contribution >= 0.6 is 11.6 Å². The lowest BCUT2D eigenvalue weighted by molar-refractivity contribution is -0.126. The van der Waals surface area contributed by atoms with E-state index in [2.05, 4.69) is 80.3 Å². The molecule has 12 atom stereocenters. The first kappa shape index (κ1) is 68.1. The summed E-state index contributed by atoms with van der Waals surface area (Å²) >= 11 is 5.42. The second-order valence-electron chi connectivity index (χ2n) is 23.6. The number of nitrogens with zero attached hydrogens (tertiary/aromatic N) is 1. The Kier molecular flexibility index (Phi) is 25.4. The second-order valence-corrected chi connectivity index (χ2v) is 23.8. The first-order valence-electron chi connectivity index (χ1n) is 26.7. The van der Waals surface area contributed by atoms with Gasteiger partial charge in [-0.1, -0.05) is 30.7 Å². The fourth-order valence-electron chi connectivity index (χ4n) is 10.4. The van der Waals surface area contributed by atoms with Crippen LogP contribution in [0.25, 0.3) is 0 Å². The molecule has 6 rings (SSSR count). The Labute approximate surface area is 468 Å². The van der Waals surface area contributed by atoms with Crippen LogP contribution in [0, 0.1) is 11.8 Å². The van der Waals surface area contributed by atoms with Crippen molar-refractivity contribution in [3.8, 4) is 0 Å². The molecular weight excluding hydrogens is 1040 g/mol. The zero-order valence-corrected chi connectivity index (χ0v) is 49.3. The lowest BCUT2D eigenvalue weighted by Crippen LogP contribution is -2.56. The average molecular weight is 1130 g/mol. The predicted molar refractivity (Wildman–Crippen MR) is 293 cm³/mol. The van der Waals surface area contributed by atoms with Gasteiger partial charge in [-0.3, -0.25) is 25.1 Å². The molecule has 4 heterocycles. The van der Waals surface area contributed by atoms with Crippen molar-refractivity contribution in [1.29, 1.82) is 0 Å². The number of imide groups is 2. The number of hydrogen-bond donors (Lipinski definition) is 5. The third-order valence-electron chi connectivity index (χ3n) is 14.2. The summed E-state index contributed by atoms with van der Waals surface area (Å²) in [4.78, 5) is 72.7. The molecule has 0 aromatic carbocycles. The number of likely N-dealkylation sites (N-methyl/N-ethyl adjacent to an activating group) is 2. The van der Waals surface area contributed by atoms with Crippen LogP contribution in [0.15, 0.2) is 23.3 Å². The fourth-order valence-corrected chi connectivity index (χ4v) is 10.4. The molecule has 2 spiro atoms.